The summed E-state index contributed by atoms with van der Waals surface area (Å²) in [5.41, 5.74) is 0. The van der Waals surface area contributed by atoms with Crippen molar-refractivity contribution in [3.63, 3.8) is 0 Å². The van der Waals surface area contributed by atoms with E-state index in [1.165, 1.54) is 0 Å². The number of hydrogen-bond donors (Lipinski definition) is 0. The van der Waals surface area contributed by atoms with E-state index in [1.807, 2.05) is 0 Å². The van der Waals surface area contributed by atoms with Crippen LogP contribution in [0.25, 0.3) is 0 Å². The summed E-state index contributed by atoms with van der Waals surface area (Å²) in [6.07, 6.45) is 0. The van der Waals surface area contributed by atoms with Crippen LogP contribution in [0.1, 0.15) is 0 Å². The van der Waals surface area contributed by atoms with Crippen molar-refractivity contribution in [3.05, 3.63) is 0 Å². The monoisotopic (exact) mass is 198 g/mol. The first-order valence-electron chi connectivity index (χ1n) is 0. The van der Waals surface area contributed by atoms with E-state index >= 15 is 0 Å². The summed E-state index contributed by atoms with van der Waals surface area (Å²) in [5, 5.41) is 0. The van der Waals surface area contributed by atoms with E-state index in [-0.39, 0.29) is 83.2 Å². The molecule has 0 aromatic carbocycles. The summed E-state index contributed by atoms with van der Waals surface area (Å²) in [5.74, 6) is 0. The molecule has 0 rings (SSSR count). The minimum absolute atomic E-state index is 0. The van der Waals surface area contributed by atoms with E-state index in [1.54, 1.807) is 0 Å². The second-order valence-electron chi connectivity index (χ2n) is 0. The Kier molecular flexibility index (Phi) is 131. The maximum atomic E-state index is 0. The summed E-state index contributed by atoms with van der Waals surface area (Å²) >= 11 is 0. The zero-order chi connectivity index (χ0) is 0. The minimum Gasteiger partial charge on any atom is 0 e. The first-order chi connectivity index (χ1) is 0. The van der Waals surface area contributed by atoms with Crippen LogP contribution in [-0.4, -0.2) is 29.6 Å². The molecular weight excluding hydrogens is 199 g/mol. The van der Waals surface area contributed by atoms with Gasteiger partial charge in [-0.2, -0.15) is 0 Å². The summed E-state index contributed by atoms with van der Waals surface area (Å²) in [6.45, 7) is 0. The Morgan fingerprint density at radius 1 is 1.00 bits per heavy atom. The predicted molar refractivity (Wildman–Crippen MR) is 5.75 cm³/mol. The van der Waals surface area contributed by atoms with Crippen molar-refractivity contribution in [1.82, 2.24) is 0 Å². The molecule has 0 saturated carbocycles. The van der Waals surface area contributed by atoms with Gasteiger partial charge in [0.15, 0.2) is 0 Å². The quantitative estimate of drug-likeness (QED) is 0.466. The van der Waals surface area contributed by atoms with E-state index in [4.69, 9.17) is 0 Å². The van der Waals surface area contributed by atoms with Gasteiger partial charge in [-0.1, -0.05) is 0 Å². The fourth-order valence-corrected chi connectivity index (χ4v) is 0. The zero-order valence-corrected chi connectivity index (χ0v) is 9.69. The first kappa shape index (κ1) is 30.1. The van der Waals surface area contributed by atoms with Crippen LogP contribution in [0.5, 0.6) is 0 Å². The van der Waals surface area contributed by atoms with Crippen molar-refractivity contribution in [1.29, 1.82) is 0 Å². The molecule has 0 spiro atoms. The van der Waals surface area contributed by atoms with Crippen molar-refractivity contribution >= 4 is 29.6 Å². The molecule has 0 atom stereocenters. The Hall–Kier alpha value is 2.66. The van der Waals surface area contributed by atoms with Gasteiger partial charge in [0.05, 0.1) is 0 Å². The fraction of sp³-hybridized carbons (Fsp3) is 0. The Labute approximate surface area is 81.9 Å². The molecule has 0 heterocycles. The van der Waals surface area contributed by atoms with Crippen molar-refractivity contribution < 1.29 is 53.6 Å². The molecule has 0 unspecified atom stereocenters. The van der Waals surface area contributed by atoms with Crippen LogP contribution in [0.4, 0.5) is 0 Å². The third kappa shape index (κ3) is 8.82. The molecule has 0 fully saturated rings. The van der Waals surface area contributed by atoms with Crippen LogP contribution in [0.15, 0.2) is 0 Å². The van der Waals surface area contributed by atoms with Crippen molar-refractivity contribution in [3.8, 4) is 0 Å². The smallest absolute Gasteiger partial charge is 0 e. The molecule has 0 saturated heterocycles. The zero-order valence-electron chi connectivity index (χ0n) is 2.44. The van der Waals surface area contributed by atoms with Gasteiger partial charge in [0.25, 0.3) is 0 Å². The SMILES string of the molecule is [Fe].[Mn].[Na].[Zn]. The van der Waals surface area contributed by atoms with Gasteiger partial charge in [0.1, 0.15) is 0 Å². The number of hydrogen-bond acceptors (Lipinski definition) is 0. The molecule has 0 aliphatic heterocycles. The average Bonchev–Trinajstić information content (AvgIpc) is 0. The Morgan fingerprint density at radius 2 is 1.00 bits per heavy atom. The van der Waals surface area contributed by atoms with E-state index in [0.717, 1.165) is 0 Å². The maximum Gasteiger partial charge on any atom is 0 e. The molecule has 0 aromatic heterocycles. The minimum atomic E-state index is 0. The molecular formula is FeMnNaZn. The molecule has 0 aromatic rings. The second-order valence-corrected chi connectivity index (χ2v) is 0. The van der Waals surface area contributed by atoms with E-state index < -0.39 is 0 Å². The topological polar surface area (TPSA) is 0 Å². The largest absolute Gasteiger partial charge is 0 e. The predicted octanol–water partition coefficient (Wildman–Crippen LogP) is -0.388. The molecule has 4 heteroatoms. The average molecular weight is 199 g/mol. The summed E-state index contributed by atoms with van der Waals surface area (Å²) in [4.78, 5) is 0. The summed E-state index contributed by atoms with van der Waals surface area (Å²) < 4.78 is 0. The molecule has 2 radical (unpaired) electrons. The van der Waals surface area contributed by atoms with Gasteiger partial charge in [-0.25, -0.2) is 0 Å². The standard InChI is InChI=1S/Fe.Mn.Na.Zn. The van der Waals surface area contributed by atoms with Gasteiger partial charge in [0, 0.05) is 83.2 Å². The molecule has 0 aliphatic carbocycles. The van der Waals surface area contributed by atoms with Gasteiger partial charge < -0.3 is 0 Å². The molecule has 4 heavy (non-hydrogen) atoms. The molecule has 0 amide bonds. The third-order valence-electron chi connectivity index (χ3n) is 0. The summed E-state index contributed by atoms with van der Waals surface area (Å²) in [6, 6.07) is 0. The maximum absolute atomic E-state index is 0. The Balaban J connectivity index is 0. The van der Waals surface area contributed by atoms with Gasteiger partial charge in [-0.05, 0) is 0 Å². The Bertz CT molecular complexity index is 8.00. The molecule has 0 bridgehead atoms. The van der Waals surface area contributed by atoms with Crippen molar-refractivity contribution in [2.24, 2.45) is 0 Å². The van der Waals surface area contributed by atoms with Crippen molar-refractivity contribution in [2.75, 3.05) is 0 Å². The van der Waals surface area contributed by atoms with Gasteiger partial charge in [-0.3, -0.25) is 0 Å². The van der Waals surface area contributed by atoms with Gasteiger partial charge in [0.2, 0.25) is 0 Å². The number of rotatable bonds is 0. The van der Waals surface area contributed by atoms with Crippen LogP contribution < -0.4 is 0 Å². The second kappa shape index (κ2) is 17.4. The van der Waals surface area contributed by atoms with Crippen molar-refractivity contribution in [2.45, 2.75) is 0 Å². The summed E-state index contributed by atoms with van der Waals surface area (Å²) in [7, 11) is 0. The molecule has 0 N–H and O–H groups in total. The third-order valence-corrected chi connectivity index (χ3v) is 0. The van der Waals surface area contributed by atoms with Crippen LogP contribution in [0.2, 0.25) is 0 Å². The fourth-order valence-electron chi connectivity index (χ4n) is 0. The van der Waals surface area contributed by atoms with E-state index in [0.29, 0.717) is 0 Å². The normalized spacial score (nSPS) is 0. The molecule has 0 aliphatic rings. The molecule has 0 nitrogen and oxygen atoms in total. The van der Waals surface area contributed by atoms with E-state index in [2.05, 4.69) is 0 Å². The first-order valence-corrected chi connectivity index (χ1v) is 0. The van der Waals surface area contributed by atoms with E-state index in [9.17, 15) is 0 Å². The Morgan fingerprint density at radius 3 is 1.00 bits per heavy atom. The van der Waals surface area contributed by atoms with Gasteiger partial charge in [-0.15, -0.1) is 0 Å². The van der Waals surface area contributed by atoms with Crippen LogP contribution in [0, 0.1) is 0 Å². The molecule has 18 valence electrons. The van der Waals surface area contributed by atoms with Gasteiger partial charge >= 0.3 is 0 Å². The van der Waals surface area contributed by atoms with Crippen LogP contribution in [0.3, 0.4) is 0 Å². The van der Waals surface area contributed by atoms with Crippen LogP contribution in [-0.2, 0) is 53.6 Å². The van der Waals surface area contributed by atoms with Crippen LogP contribution >= 0.6 is 0 Å².